The fourth-order valence-electron chi connectivity index (χ4n) is 1.85. The maximum Gasteiger partial charge on any atom is 0.266 e. The molecule has 0 saturated carbocycles. The normalized spacial score (nSPS) is 13.5. The summed E-state index contributed by atoms with van der Waals surface area (Å²) in [7, 11) is 1.57. The molecule has 2 aromatic rings. The SMILES string of the molecule is CNC(=O)c1c(N2NC=CO2)oc2ccccc12. The number of benzene rings is 1. The van der Waals surface area contributed by atoms with E-state index in [9.17, 15) is 4.79 Å². The molecule has 0 fully saturated rings. The lowest BCUT2D eigenvalue weighted by Gasteiger charge is -2.14. The van der Waals surface area contributed by atoms with Crippen LogP contribution in [0.5, 0.6) is 0 Å². The lowest BCUT2D eigenvalue weighted by Crippen LogP contribution is -2.30. The molecule has 0 atom stereocenters. The van der Waals surface area contributed by atoms with Gasteiger partial charge in [0.15, 0.2) is 0 Å². The van der Waals surface area contributed by atoms with Gasteiger partial charge < -0.3 is 14.6 Å². The molecule has 0 bridgehead atoms. The fourth-order valence-corrected chi connectivity index (χ4v) is 1.85. The zero-order chi connectivity index (χ0) is 12.5. The second-order valence-corrected chi connectivity index (χ2v) is 3.69. The van der Waals surface area contributed by atoms with Gasteiger partial charge >= 0.3 is 0 Å². The Balaban J connectivity index is 2.19. The minimum Gasteiger partial charge on any atom is -0.435 e. The minimum absolute atomic E-state index is 0.229. The Bertz CT molecular complexity index is 625. The van der Waals surface area contributed by atoms with Crippen molar-refractivity contribution in [3.8, 4) is 0 Å². The number of nitrogens with zero attached hydrogens (tertiary/aromatic N) is 1. The number of fused-ring (bicyclic) bond motifs is 1. The molecule has 1 aliphatic heterocycles. The number of furan rings is 1. The third-order valence-corrected chi connectivity index (χ3v) is 2.64. The molecule has 6 nitrogen and oxygen atoms in total. The standard InChI is InChI=1S/C12H11N3O3/c1-13-11(16)10-8-4-2-3-5-9(8)18-12(10)15-14-6-7-17-15/h2-7,14H,1H3,(H,13,16). The van der Waals surface area contributed by atoms with Crippen molar-refractivity contribution in [3.05, 3.63) is 42.3 Å². The van der Waals surface area contributed by atoms with E-state index in [1.807, 2.05) is 18.2 Å². The van der Waals surface area contributed by atoms with Crippen molar-refractivity contribution in [1.82, 2.24) is 10.7 Å². The van der Waals surface area contributed by atoms with Crippen LogP contribution < -0.4 is 15.9 Å². The molecule has 0 saturated heterocycles. The highest BCUT2D eigenvalue weighted by molar-refractivity contribution is 6.10. The maximum atomic E-state index is 12.0. The predicted molar refractivity (Wildman–Crippen MR) is 65.4 cm³/mol. The average molecular weight is 245 g/mol. The molecule has 2 N–H and O–H groups in total. The lowest BCUT2D eigenvalue weighted by molar-refractivity contribution is 0.0961. The zero-order valence-electron chi connectivity index (χ0n) is 9.64. The molecule has 1 aromatic carbocycles. The Labute approximate surface area is 103 Å². The molecule has 6 heteroatoms. The number of amides is 1. The van der Waals surface area contributed by atoms with Crippen molar-refractivity contribution in [2.45, 2.75) is 0 Å². The smallest absolute Gasteiger partial charge is 0.266 e. The summed E-state index contributed by atoms with van der Waals surface area (Å²) in [5, 5.41) is 4.63. The second kappa shape index (κ2) is 3.99. The molecule has 0 aliphatic carbocycles. The van der Waals surface area contributed by atoms with E-state index < -0.39 is 0 Å². The molecule has 92 valence electrons. The van der Waals surface area contributed by atoms with Gasteiger partial charge in [0.05, 0.1) is 6.20 Å². The van der Waals surface area contributed by atoms with Crippen molar-refractivity contribution >= 4 is 22.8 Å². The van der Waals surface area contributed by atoms with Crippen molar-refractivity contribution < 1.29 is 14.0 Å². The Hall–Kier alpha value is -2.63. The van der Waals surface area contributed by atoms with Crippen LogP contribution in [0.25, 0.3) is 11.0 Å². The monoisotopic (exact) mass is 245 g/mol. The number of carbonyl (C=O) groups is 1. The molecule has 3 rings (SSSR count). The fraction of sp³-hybridized carbons (Fsp3) is 0.0833. The quantitative estimate of drug-likeness (QED) is 0.839. The van der Waals surface area contributed by atoms with Gasteiger partial charge in [-0.15, -0.1) is 0 Å². The van der Waals surface area contributed by atoms with Crippen LogP contribution in [0.3, 0.4) is 0 Å². The van der Waals surface area contributed by atoms with Gasteiger partial charge in [-0.3, -0.25) is 10.2 Å². The Morgan fingerprint density at radius 1 is 1.39 bits per heavy atom. The summed E-state index contributed by atoms with van der Waals surface area (Å²) in [5.41, 5.74) is 3.87. The lowest BCUT2D eigenvalue weighted by atomic mass is 10.1. The van der Waals surface area contributed by atoms with Crippen LogP contribution in [0.15, 0.2) is 41.1 Å². The summed E-state index contributed by atoms with van der Waals surface area (Å²) in [5.74, 6) is 0.0906. The number of para-hydroxylation sites is 1. The largest absolute Gasteiger partial charge is 0.435 e. The van der Waals surface area contributed by atoms with Crippen LogP contribution in [-0.4, -0.2) is 13.0 Å². The summed E-state index contributed by atoms with van der Waals surface area (Å²) in [4.78, 5) is 17.1. The third-order valence-electron chi connectivity index (χ3n) is 2.64. The van der Waals surface area contributed by atoms with Crippen LogP contribution in [-0.2, 0) is 4.84 Å². The predicted octanol–water partition coefficient (Wildman–Crippen LogP) is 1.52. The summed E-state index contributed by atoms with van der Waals surface area (Å²) in [6, 6.07) is 7.33. The van der Waals surface area contributed by atoms with Crippen LogP contribution in [0.4, 0.5) is 5.88 Å². The highest BCUT2D eigenvalue weighted by atomic mass is 16.7. The Morgan fingerprint density at radius 2 is 2.22 bits per heavy atom. The number of rotatable bonds is 2. The van der Waals surface area contributed by atoms with Crippen molar-refractivity contribution in [2.75, 3.05) is 12.2 Å². The van der Waals surface area contributed by atoms with Gasteiger partial charge in [-0.2, -0.15) is 0 Å². The number of nitrogens with one attached hydrogen (secondary N) is 2. The van der Waals surface area contributed by atoms with E-state index in [-0.39, 0.29) is 5.91 Å². The van der Waals surface area contributed by atoms with Crippen molar-refractivity contribution in [1.29, 1.82) is 0 Å². The van der Waals surface area contributed by atoms with Crippen molar-refractivity contribution in [3.63, 3.8) is 0 Å². The topological polar surface area (TPSA) is 66.7 Å². The van der Waals surface area contributed by atoms with Gasteiger partial charge in [0.2, 0.25) is 0 Å². The van der Waals surface area contributed by atoms with Gasteiger partial charge in [-0.25, -0.2) is 0 Å². The molecule has 1 amide bonds. The number of hydrogen-bond acceptors (Lipinski definition) is 5. The van der Waals surface area contributed by atoms with Crippen molar-refractivity contribution in [2.24, 2.45) is 0 Å². The van der Waals surface area contributed by atoms with E-state index in [1.165, 1.54) is 11.4 Å². The first-order chi connectivity index (χ1) is 8.81. The Morgan fingerprint density at radius 3 is 2.94 bits per heavy atom. The number of hydrogen-bond donors (Lipinski definition) is 2. The molecule has 0 unspecified atom stereocenters. The van der Waals surface area contributed by atoms with E-state index in [1.54, 1.807) is 19.3 Å². The van der Waals surface area contributed by atoms with Crippen LogP contribution in [0.2, 0.25) is 0 Å². The zero-order valence-corrected chi connectivity index (χ0v) is 9.64. The number of anilines is 1. The first-order valence-corrected chi connectivity index (χ1v) is 5.43. The molecule has 1 aliphatic rings. The molecule has 2 heterocycles. The van der Waals surface area contributed by atoms with Gasteiger partial charge in [0, 0.05) is 12.4 Å². The van der Waals surface area contributed by atoms with Gasteiger partial charge in [-0.05, 0) is 6.07 Å². The minimum atomic E-state index is -0.229. The summed E-state index contributed by atoms with van der Waals surface area (Å²) in [6.45, 7) is 0. The van der Waals surface area contributed by atoms with E-state index in [0.29, 0.717) is 17.0 Å². The first kappa shape index (κ1) is 10.5. The van der Waals surface area contributed by atoms with E-state index in [2.05, 4.69) is 10.7 Å². The molecule has 0 spiro atoms. The molecule has 1 aromatic heterocycles. The molecule has 18 heavy (non-hydrogen) atoms. The van der Waals surface area contributed by atoms with Crippen LogP contribution in [0, 0.1) is 0 Å². The first-order valence-electron chi connectivity index (χ1n) is 5.43. The van der Waals surface area contributed by atoms with Crippen LogP contribution in [0.1, 0.15) is 10.4 Å². The molecular weight excluding hydrogens is 234 g/mol. The number of carbonyl (C=O) groups excluding carboxylic acids is 1. The van der Waals surface area contributed by atoms with Crippen LogP contribution >= 0.6 is 0 Å². The summed E-state index contributed by atoms with van der Waals surface area (Å²) >= 11 is 0. The highest BCUT2D eigenvalue weighted by Crippen LogP contribution is 2.32. The van der Waals surface area contributed by atoms with E-state index in [4.69, 9.17) is 9.25 Å². The van der Waals surface area contributed by atoms with E-state index >= 15 is 0 Å². The highest BCUT2D eigenvalue weighted by Gasteiger charge is 2.26. The van der Waals surface area contributed by atoms with Gasteiger partial charge in [-0.1, -0.05) is 23.4 Å². The molecular formula is C12H11N3O3. The van der Waals surface area contributed by atoms with Gasteiger partial charge in [0.1, 0.15) is 17.4 Å². The maximum absolute atomic E-state index is 12.0. The second-order valence-electron chi connectivity index (χ2n) is 3.69. The summed E-state index contributed by atoms with van der Waals surface area (Å²) in [6.07, 6.45) is 3.06. The van der Waals surface area contributed by atoms with E-state index in [0.717, 1.165) is 5.39 Å². The third kappa shape index (κ3) is 1.46. The summed E-state index contributed by atoms with van der Waals surface area (Å²) < 4.78 is 5.64. The average Bonchev–Trinajstić information content (AvgIpc) is 3.04. The number of hydrazine groups is 1. The van der Waals surface area contributed by atoms with Gasteiger partial charge in [0.25, 0.3) is 11.8 Å². The Kier molecular flexibility index (Phi) is 2.33. The molecule has 0 radical (unpaired) electrons.